The Hall–Kier alpha value is -4.28. The number of carbonyl (C=O) groups is 2. The number of imidazole rings is 1. The Morgan fingerprint density at radius 3 is 2.50 bits per heavy atom. The van der Waals surface area contributed by atoms with Gasteiger partial charge in [-0.25, -0.2) is 4.98 Å². The van der Waals surface area contributed by atoms with Gasteiger partial charge in [-0.05, 0) is 63.2 Å². The Kier molecular flexibility index (Phi) is 7.75. The van der Waals surface area contributed by atoms with E-state index < -0.39 is 5.60 Å². The summed E-state index contributed by atoms with van der Waals surface area (Å²) in [6.45, 7) is 5.91. The van der Waals surface area contributed by atoms with Crippen molar-refractivity contribution in [1.82, 2.24) is 9.55 Å². The van der Waals surface area contributed by atoms with Crippen LogP contribution in [0.3, 0.4) is 0 Å². The molecule has 38 heavy (non-hydrogen) atoms. The first-order valence-corrected chi connectivity index (χ1v) is 12.9. The van der Waals surface area contributed by atoms with Gasteiger partial charge in [0.25, 0.3) is 11.8 Å². The van der Waals surface area contributed by atoms with Crippen LogP contribution < -0.4 is 16.0 Å². The topological polar surface area (TPSA) is 137 Å². The normalized spacial score (nSPS) is 11.9. The lowest BCUT2D eigenvalue weighted by molar-refractivity contribution is 0.0630. The van der Waals surface area contributed by atoms with Gasteiger partial charge in [0.15, 0.2) is 0 Å². The van der Waals surface area contributed by atoms with E-state index >= 15 is 0 Å². The van der Waals surface area contributed by atoms with Crippen LogP contribution in [0.15, 0.2) is 66.9 Å². The van der Waals surface area contributed by atoms with Gasteiger partial charge in [0.2, 0.25) is 5.95 Å². The highest BCUT2D eigenvalue weighted by Crippen LogP contribution is 2.29. The Balaban J connectivity index is 1.70. The highest BCUT2D eigenvalue weighted by atomic mass is 32.1. The van der Waals surface area contributed by atoms with E-state index in [-0.39, 0.29) is 24.3 Å². The molecule has 0 saturated heterocycles. The predicted molar refractivity (Wildman–Crippen MR) is 153 cm³/mol. The van der Waals surface area contributed by atoms with Crippen molar-refractivity contribution < 1.29 is 14.7 Å². The van der Waals surface area contributed by atoms with Gasteiger partial charge >= 0.3 is 0 Å². The van der Waals surface area contributed by atoms with Gasteiger partial charge in [0, 0.05) is 40.7 Å². The van der Waals surface area contributed by atoms with E-state index in [0.717, 1.165) is 6.21 Å². The first kappa shape index (κ1) is 26.8. The lowest BCUT2D eigenvalue weighted by atomic mass is 10.1. The summed E-state index contributed by atoms with van der Waals surface area (Å²) in [7, 11) is 0. The zero-order valence-electron chi connectivity index (χ0n) is 21.4. The molecule has 4 aromatic rings. The quantitative estimate of drug-likeness (QED) is 0.232. The molecule has 0 atom stereocenters. The zero-order chi connectivity index (χ0) is 27.4. The van der Waals surface area contributed by atoms with E-state index in [0.29, 0.717) is 44.2 Å². The molecule has 0 aliphatic carbocycles. The predicted octanol–water partition coefficient (Wildman–Crippen LogP) is 4.74. The smallest absolute Gasteiger partial charge is 0.268 e. The number of nitrogens with one attached hydrogen (secondary N) is 2. The number of hydrogen-bond donors (Lipinski definition) is 4. The number of nitrogens with zero attached hydrogens (tertiary/aromatic N) is 3. The van der Waals surface area contributed by atoms with Crippen LogP contribution in [-0.2, 0) is 6.54 Å². The molecule has 0 saturated carbocycles. The molecule has 0 aliphatic heterocycles. The molecule has 196 valence electrons. The van der Waals surface area contributed by atoms with Crippen molar-refractivity contribution in [3.8, 4) is 0 Å². The van der Waals surface area contributed by atoms with Gasteiger partial charge < -0.3 is 25.7 Å². The molecule has 0 spiro atoms. The van der Waals surface area contributed by atoms with Gasteiger partial charge in [-0.3, -0.25) is 14.9 Å². The summed E-state index contributed by atoms with van der Waals surface area (Å²) in [6, 6.07) is 18.0. The molecule has 0 fully saturated rings. The van der Waals surface area contributed by atoms with Gasteiger partial charge in [-0.2, -0.15) is 0 Å². The van der Waals surface area contributed by atoms with Crippen LogP contribution in [0.1, 0.15) is 45.7 Å². The molecule has 2 aromatic heterocycles. The van der Waals surface area contributed by atoms with E-state index in [2.05, 4.69) is 10.3 Å². The Labute approximate surface area is 224 Å². The largest absolute Gasteiger partial charge is 0.404 e. The van der Waals surface area contributed by atoms with Crippen molar-refractivity contribution in [2.45, 2.75) is 32.9 Å². The number of thiophene rings is 1. The summed E-state index contributed by atoms with van der Waals surface area (Å²) in [4.78, 5) is 33.7. The van der Waals surface area contributed by atoms with E-state index in [4.69, 9.17) is 11.1 Å². The number of carbonyl (C=O) groups excluding carboxylic acids is 2. The average Bonchev–Trinajstić information content (AvgIpc) is 3.50. The molecule has 2 aromatic carbocycles. The zero-order valence-corrected chi connectivity index (χ0v) is 22.2. The number of allylic oxidation sites excluding steroid dienone is 1. The van der Waals surface area contributed by atoms with Crippen molar-refractivity contribution in [3.63, 3.8) is 0 Å². The van der Waals surface area contributed by atoms with Crippen molar-refractivity contribution in [1.29, 1.82) is 5.41 Å². The number of anilines is 2. The third-order valence-electron chi connectivity index (χ3n) is 5.85. The molecule has 2 heterocycles. The van der Waals surface area contributed by atoms with Gasteiger partial charge in [-0.15, -0.1) is 11.3 Å². The second-order valence-electron chi connectivity index (χ2n) is 9.31. The molecule has 2 amide bonds. The van der Waals surface area contributed by atoms with E-state index in [1.807, 2.05) is 43.3 Å². The van der Waals surface area contributed by atoms with Gasteiger partial charge in [-0.1, -0.05) is 18.2 Å². The number of fused-ring (bicyclic) bond motifs is 1. The number of aromatic nitrogens is 2. The molecular weight excluding hydrogens is 500 g/mol. The van der Waals surface area contributed by atoms with E-state index in [1.54, 1.807) is 47.6 Å². The second-order valence-corrected chi connectivity index (χ2v) is 10.4. The minimum atomic E-state index is -1.08. The standard InChI is InChI=1S/C28H30N6O3S/c1-4-33(26(36)18-8-6-5-7-9-18)20-10-11-22-21(14-20)31-27(34(22)17-28(2,3)37)32-25(35)24-13-12-23(38-24)19(15-29)16-30/h5-16,29,37H,4,17,30H2,1-3H3,(H,31,32,35)/b19-16+,29-15?. The average molecular weight is 531 g/mol. The maximum Gasteiger partial charge on any atom is 0.268 e. The molecule has 0 radical (unpaired) electrons. The minimum absolute atomic E-state index is 0.124. The summed E-state index contributed by atoms with van der Waals surface area (Å²) in [5.41, 5.74) is 7.55. The van der Waals surface area contributed by atoms with Crippen molar-refractivity contribution in [3.05, 3.63) is 82.2 Å². The highest BCUT2D eigenvalue weighted by molar-refractivity contribution is 7.15. The van der Waals surface area contributed by atoms with Crippen LogP contribution in [0.25, 0.3) is 16.6 Å². The summed E-state index contributed by atoms with van der Waals surface area (Å²) in [5, 5.41) is 20.9. The third kappa shape index (κ3) is 5.66. The number of hydrogen-bond acceptors (Lipinski definition) is 7. The van der Waals surface area contributed by atoms with Crippen LogP contribution in [0.4, 0.5) is 11.6 Å². The third-order valence-corrected chi connectivity index (χ3v) is 6.98. The summed E-state index contributed by atoms with van der Waals surface area (Å²) in [5.74, 6) is -0.218. The van der Waals surface area contributed by atoms with Crippen LogP contribution in [0.5, 0.6) is 0 Å². The SMILES string of the molecule is CCN(C(=O)c1ccccc1)c1ccc2c(c1)nc(NC(=O)c1ccc(/C(C=N)=C/N)s1)n2CC(C)(C)O. The number of aliphatic hydroxyl groups is 1. The first-order chi connectivity index (χ1) is 18.1. The molecule has 0 unspecified atom stereocenters. The molecule has 0 bridgehead atoms. The van der Waals surface area contributed by atoms with Crippen LogP contribution in [0.2, 0.25) is 0 Å². The number of nitrogens with two attached hydrogens (primary N) is 1. The first-order valence-electron chi connectivity index (χ1n) is 12.1. The Morgan fingerprint density at radius 1 is 1.16 bits per heavy atom. The highest BCUT2D eigenvalue weighted by Gasteiger charge is 2.23. The van der Waals surface area contributed by atoms with Gasteiger partial charge in [0.05, 0.1) is 28.1 Å². The lowest BCUT2D eigenvalue weighted by Crippen LogP contribution is -2.30. The molecule has 4 rings (SSSR count). The van der Waals surface area contributed by atoms with Crippen LogP contribution in [-0.4, -0.2) is 44.8 Å². The van der Waals surface area contributed by atoms with Gasteiger partial charge in [0.1, 0.15) is 0 Å². The van der Waals surface area contributed by atoms with Crippen molar-refractivity contribution >= 4 is 57.6 Å². The molecule has 10 heteroatoms. The second kappa shape index (κ2) is 11.0. The minimum Gasteiger partial charge on any atom is -0.404 e. The molecule has 5 N–H and O–H groups in total. The number of amides is 2. The number of benzene rings is 2. The molecule has 0 aliphatic rings. The molecule has 9 nitrogen and oxygen atoms in total. The van der Waals surface area contributed by atoms with Crippen LogP contribution in [0, 0.1) is 5.41 Å². The fourth-order valence-corrected chi connectivity index (χ4v) is 4.99. The maximum atomic E-state index is 13.2. The summed E-state index contributed by atoms with van der Waals surface area (Å²) >= 11 is 1.21. The summed E-state index contributed by atoms with van der Waals surface area (Å²) < 4.78 is 1.75. The fraction of sp³-hybridized carbons (Fsp3) is 0.214. The fourth-order valence-electron chi connectivity index (χ4n) is 4.09. The monoisotopic (exact) mass is 530 g/mol. The Morgan fingerprint density at radius 2 is 1.87 bits per heavy atom. The number of rotatable bonds is 9. The van der Waals surface area contributed by atoms with Crippen molar-refractivity contribution in [2.24, 2.45) is 5.73 Å². The Bertz CT molecular complexity index is 1510. The summed E-state index contributed by atoms with van der Waals surface area (Å²) in [6.07, 6.45) is 2.46. The lowest BCUT2D eigenvalue weighted by Gasteiger charge is -2.22. The van der Waals surface area contributed by atoms with Crippen LogP contribution >= 0.6 is 11.3 Å². The van der Waals surface area contributed by atoms with Crippen molar-refractivity contribution in [2.75, 3.05) is 16.8 Å². The van der Waals surface area contributed by atoms with E-state index in [1.165, 1.54) is 17.5 Å². The maximum absolute atomic E-state index is 13.2. The molecular formula is C28H30N6O3S. The van der Waals surface area contributed by atoms with E-state index in [9.17, 15) is 14.7 Å².